The Labute approximate surface area is 202 Å². The first-order valence-electron chi connectivity index (χ1n) is 11.2. The topological polar surface area (TPSA) is 207 Å². The number of carbonyl (C=O) groups is 4. The first kappa shape index (κ1) is 27.8. The van der Waals surface area contributed by atoms with Crippen LogP contribution in [0.5, 0.6) is 0 Å². The van der Waals surface area contributed by atoms with E-state index in [1.165, 1.54) is 6.92 Å². The van der Waals surface area contributed by atoms with E-state index in [1.807, 2.05) is 24.3 Å². The van der Waals surface area contributed by atoms with Gasteiger partial charge >= 0.3 is 5.97 Å². The number of aromatic amines is 1. The monoisotopic (exact) mass is 491 g/mol. The standard InChI is InChI=1S/C23H33N5O7/c1-11(2)19(22(33)27-17(10-29)23(34)35)28-20(31)16(26-21(32)18(24)12(3)30)8-13-9-25-15-7-5-4-6-14(13)15/h4-7,9,11-12,16-19,25,29-30H,8,10,24H2,1-3H3,(H,26,32)(H,27,33)(H,28,31)(H,34,35). The maximum absolute atomic E-state index is 13.3. The third-order valence-corrected chi connectivity index (χ3v) is 5.60. The van der Waals surface area contributed by atoms with Gasteiger partial charge in [-0.15, -0.1) is 0 Å². The Morgan fingerprint density at radius 3 is 2.17 bits per heavy atom. The lowest BCUT2D eigenvalue weighted by Crippen LogP contribution is -2.59. The van der Waals surface area contributed by atoms with Gasteiger partial charge in [0, 0.05) is 23.5 Å². The van der Waals surface area contributed by atoms with E-state index >= 15 is 0 Å². The number of aliphatic carboxylic acids is 1. The van der Waals surface area contributed by atoms with Crippen LogP contribution < -0.4 is 21.7 Å². The van der Waals surface area contributed by atoms with Crippen LogP contribution in [0.2, 0.25) is 0 Å². The zero-order chi connectivity index (χ0) is 26.3. The average Bonchev–Trinajstić information content (AvgIpc) is 3.21. The van der Waals surface area contributed by atoms with Gasteiger partial charge in [0.1, 0.15) is 24.2 Å². The molecule has 0 aliphatic rings. The lowest BCUT2D eigenvalue weighted by Gasteiger charge is -2.27. The van der Waals surface area contributed by atoms with Gasteiger partial charge in [0.2, 0.25) is 17.7 Å². The third kappa shape index (κ3) is 7.25. The maximum atomic E-state index is 13.3. The molecule has 1 heterocycles. The summed E-state index contributed by atoms with van der Waals surface area (Å²) in [5, 5.41) is 36.1. The highest BCUT2D eigenvalue weighted by Gasteiger charge is 2.32. The molecule has 5 unspecified atom stereocenters. The minimum Gasteiger partial charge on any atom is -0.480 e. The summed E-state index contributed by atoms with van der Waals surface area (Å²) >= 11 is 0. The van der Waals surface area contributed by atoms with Gasteiger partial charge in [-0.25, -0.2) is 4.79 Å². The van der Waals surface area contributed by atoms with Crippen molar-refractivity contribution in [3.05, 3.63) is 36.0 Å². The predicted octanol–water partition coefficient (Wildman–Crippen LogP) is -1.39. The summed E-state index contributed by atoms with van der Waals surface area (Å²) in [6, 6.07) is 2.26. The van der Waals surface area contributed by atoms with E-state index in [1.54, 1.807) is 20.0 Å². The van der Waals surface area contributed by atoms with Crippen LogP contribution in [0, 0.1) is 5.92 Å². The van der Waals surface area contributed by atoms with Crippen LogP contribution in [0.3, 0.4) is 0 Å². The zero-order valence-electron chi connectivity index (χ0n) is 19.8. The van der Waals surface area contributed by atoms with Crippen molar-refractivity contribution in [2.45, 2.75) is 57.5 Å². The second kappa shape index (κ2) is 12.3. The van der Waals surface area contributed by atoms with E-state index in [0.717, 1.165) is 16.5 Å². The molecule has 0 aliphatic carbocycles. The summed E-state index contributed by atoms with van der Waals surface area (Å²) in [6.45, 7) is 3.82. The molecule has 2 aromatic rings. The fraction of sp³-hybridized carbons (Fsp3) is 0.478. The highest BCUT2D eigenvalue weighted by molar-refractivity contribution is 5.95. The van der Waals surface area contributed by atoms with Crippen molar-refractivity contribution in [2.75, 3.05) is 6.61 Å². The molecule has 0 saturated carbocycles. The van der Waals surface area contributed by atoms with Crippen LogP contribution in [0.15, 0.2) is 30.5 Å². The van der Waals surface area contributed by atoms with Gasteiger partial charge in [-0.1, -0.05) is 32.0 Å². The number of H-pyrrole nitrogens is 1. The van der Waals surface area contributed by atoms with Crippen molar-refractivity contribution in [1.82, 2.24) is 20.9 Å². The van der Waals surface area contributed by atoms with Crippen LogP contribution in [-0.4, -0.2) is 80.9 Å². The number of nitrogens with two attached hydrogens (primary N) is 1. The Hall–Kier alpha value is -3.48. The van der Waals surface area contributed by atoms with E-state index < -0.39 is 66.5 Å². The van der Waals surface area contributed by atoms with Gasteiger partial charge in [-0.2, -0.15) is 0 Å². The summed E-state index contributed by atoms with van der Waals surface area (Å²) < 4.78 is 0. The lowest BCUT2D eigenvalue weighted by molar-refractivity contribution is -0.143. The molecule has 192 valence electrons. The Bertz CT molecular complexity index is 1050. The largest absolute Gasteiger partial charge is 0.480 e. The Morgan fingerprint density at radius 1 is 0.971 bits per heavy atom. The molecule has 5 atom stereocenters. The summed E-state index contributed by atoms with van der Waals surface area (Å²) in [6.07, 6.45) is 0.596. The fourth-order valence-corrected chi connectivity index (χ4v) is 3.45. The molecule has 0 aliphatic heterocycles. The number of aromatic nitrogens is 1. The number of para-hydroxylation sites is 1. The number of carbonyl (C=O) groups excluding carboxylic acids is 3. The highest BCUT2D eigenvalue weighted by Crippen LogP contribution is 2.19. The van der Waals surface area contributed by atoms with E-state index in [2.05, 4.69) is 20.9 Å². The van der Waals surface area contributed by atoms with Crippen LogP contribution in [0.1, 0.15) is 26.3 Å². The minimum atomic E-state index is -1.54. The number of carboxylic acids is 1. The first-order valence-corrected chi connectivity index (χ1v) is 11.2. The van der Waals surface area contributed by atoms with Crippen molar-refractivity contribution in [2.24, 2.45) is 11.7 Å². The molecule has 0 fully saturated rings. The number of fused-ring (bicyclic) bond motifs is 1. The zero-order valence-corrected chi connectivity index (χ0v) is 19.8. The van der Waals surface area contributed by atoms with Gasteiger partial charge in [0.25, 0.3) is 0 Å². The summed E-state index contributed by atoms with van der Waals surface area (Å²) in [4.78, 5) is 52.7. The molecule has 12 heteroatoms. The molecule has 0 saturated heterocycles. The van der Waals surface area contributed by atoms with E-state index in [-0.39, 0.29) is 6.42 Å². The number of hydrogen-bond acceptors (Lipinski definition) is 7. The smallest absolute Gasteiger partial charge is 0.328 e. The summed E-state index contributed by atoms with van der Waals surface area (Å²) in [5.74, 6) is -4.13. The fourth-order valence-electron chi connectivity index (χ4n) is 3.45. The molecule has 2 rings (SSSR count). The molecule has 3 amide bonds. The Balaban J connectivity index is 2.29. The lowest BCUT2D eigenvalue weighted by atomic mass is 10.00. The summed E-state index contributed by atoms with van der Waals surface area (Å²) in [7, 11) is 0. The molecule has 1 aromatic carbocycles. The second-order valence-corrected chi connectivity index (χ2v) is 8.70. The van der Waals surface area contributed by atoms with E-state index in [0.29, 0.717) is 0 Å². The number of carboxylic acid groups (broad SMARTS) is 1. The highest BCUT2D eigenvalue weighted by atomic mass is 16.4. The summed E-state index contributed by atoms with van der Waals surface area (Å²) in [5.41, 5.74) is 7.28. The Kier molecular flexibility index (Phi) is 9.75. The number of benzene rings is 1. The van der Waals surface area contributed by atoms with Crippen molar-refractivity contribution in [3.8, 4) is 0 Å². The molecule has 12 nitrogen and oxygen atoms in total. The Morgan fingerprint density at radius 2 is 1.60 bits per heavy atom. The van der Waals surface area contributed by atoms with Gasteiger partial charge in [-0.05, 0) is 24.5 Å². The number of aliphatic hydroxyl groups is 2. The SMILES string of the molecule is CC(C)C(NC(=O)C(Cc1c[nH]c2ccccc12)NC(=O)C(N)C(C)O)C(=O)NC(CO)C(=O)O. The van der Waals surface area contributed by atoms with Gasteiger partial charge in [0.15, 0.2) is 0 Å². The van der Waals surface area contributed by atoms with Gasteiger partial charge < -0.3 is 42.0 Å². The molecule has 1 aromatic heterocycles. The van der Waals surface area contributed by atoms with Crippen LogP contribution >= 0.6 is 0 Å². The van der Waals surface area contributed by atoms with E-state index in [4.69, 9.17) is 10.8 Å². The van der Waals surface area contributed by atoms with Crippen LogP contribution in [0.25, 0.3) is 10.9 Å². The number of nitrogens with one attached hydrogen (secondary N) is 4. The minimum absolute atomic E-state index is 0.0505. The van der Waals surface area contributed by atoms with Gasteiger partial charge in [0.05, 0.1) is 12.7 Å². The molecule has 35 heavy (non-hydrogen) atoms. The van der Waals surface area contributed by atoms with Crippen LogP contribution in [-0.2, 0) is 25.6 Å². The molecule has 9 N–H and O–H groups in total. The normalized spacial score (nSPS) is 15.6. The predicted molar refractivity (Wildman–Crippen MR) is 127 cm³/mol. The average molecular weight is 492 g/mol. The maximum Gasteiger partial charge on any atom is 0.328 e. The molecule has 0 radical (unpaired) electrons. The number of hydrogen-bond donors (Lipinski definition) is 8. The van der Waals surface area contributed by atoms with Gasteiger partial charge in [-0.3, -0.25) is 14.4 Å². The number of aliphatic hydroxyl groups excluding tert-OH is 2. The second-order valence-electron chi connectivity index (χ2n) is 8.70. The molecule has 0 spiro atoms. The first-order chi connectivity index (χ1) is 16.5. The molecule has 0 bridgehead atoms. The third-order valence-electron chi connectivity index (χ3n) is 5.60. The quantitative estimate of drug-likeness (QED) is 0.177. The van der Waals surface area contributed by atoms with Crippen molar-refractivity contribution in [1.29, 1.82) is 0 Å². The van der Waals surface area contributed by atoms with Crippen molar-refractivity contribution < 1.29 is 34.5 Å². The van der Waals surface area contributed by atoms with Crippen molar-refractivity contribution >= 4 is 34.6 Å². The molecular weight excluding hydrogens is 458 g/mol. The number of amides is 3. The van der Waals surface area contributed by atoms with Crippen LogP contribution in [0.4, 0.5) is 0 Å². The molecular formula is C23H33N5O7. The van der Waals surface area contributed by atoms with Crippen molar-refractivity contribution in [3.63, 3.8) is 0 Å². The van der Waals surface area contributed by atoms with E-state index in [9.17, 15) is 29.4 Å². The number of rotatable bonds is 12.